The molecule has 0 atom stereocenters. The Morgan fingerprint density at radius 2 is 1.70 bits per heavy atom. The number of piperidine rings is 1. The molecule has 0 saturated carbocycles. The first kappa shape index (κ1) is 16.3. The van der Waals surface area contributed by atoms with Crippen molar-refractivity contribution in [1.82, 2.24) is 9.88 Å². The SMILES string of the molecule is O=C(c1ccc2ccccc2n1)N1CCC2(CCc3ccccc3O2)CC1. The molecule has 2 aromatic carbocycles. The lowest BCUT2D eigenvalue weighted by Crippen LogP contribution is -2.51. The number of hydrogen-bond donors (Lipinski definition) is 0. The number of carbonyl (C=O) groups is 1. The van der Waals surface area contributed by atoms with Crippen molar-refractivity contribution >= 4 is 16.8 Å². The zero-order chi connectivity index (χ0) is 18.3. The van der Waals surface area contributed by atoms with Crippen molar-refractivity contribution < 1.29 is 9.53 Å². The highest BCUT2D eigenvalue weighted by atomic mass is 16.5. The van der Waals surface area contributed by atoms with Crippen LogP contribution in [0.3, 0.4) is 0 Å². The maximum Gasteiger partial charge on any atom is 0.272 e. The Hall–Kier alpha value is -2.88. The lowest BCUT2D eigenvalue weighted by atomic mass is 9.83. The van der Waals surface area contributed by atoms with Gasteiger partial charge in [0.1, 0.15) is 17.0 Å². The van der Waals surface area contributed by atoms with Crippen LogP contribution in [0.15, 0.2) is 60.7 Å². The molecule has 1 amide bonds. The number of aromatic nitrogens is 1. The van der Waals surface area contributed by atoms with Crippen molar-refractivity contribution in [2.24, 2.45) is 0 Å². The summed E-state index contributed by atoms with van der Waals surface area (Å²) in [4.78, 5) is 19.4. The Bertz CT molecular complexity index is 1010. The zero-order valence-corrected chi connectivity index (χ0v) is 15.2. The first-order chi connectivity index (χ1) is 13.2. The first-order valence-electron chi connectivity index (χ1n) is 9.65. The molecular formula is C23H22N2O2. The molecule has 1 saturated heterocycles. The zero-order valence-electron chi connectivity index (χ0n) is 15.2. The minimum Gasteiger partial charge on any atom is -0.487 e. The van der Waals surface area contributed by atoms with E-state index in [1.807, 2.05) is 47.4 Å². The summed E-state index contributed by atoms with van der Waals surface area (Å²) >= 11 is 0. The van der Waals surface area contributed by atoms with Gasteiger partial charge >= 0.3 is 0 Å². The highest BCUT2D eigenvalue weighted by Gasteiger charge is 2.40. The second-order valence-corrected chi connectivity index (χ2v) is 7.57. The number of ether oxygens (including phenoxy) is 1. The fourth-order valence-corrected chi connectivity index (χ4v) is 4.27. The first-order valence-corrected chi connectivity index (χ1v) is 9.65. The molecule has 5 rings (SSSR count). The van der Waals surface area contributed by atoms with Gasteiger partial charge in [0.05, 0.1) is 5.52 Å². The van der Waals surface area contributed by atoms with E-state index in [1.54, 1.807) is 0 Å². The molecule has 0 unspecified atom stereocenters. The molecule has 1 spiro atoms. The van der Waals surface area contributed by atoms with Crippen LogP contribution in [0.2, 0.25) is 0 Å². The van der Waals surface area contributed by atoms with Gasteiger partial charge in [-0.3, -0.25) is 4.79 Å². The number of nitrogens with zero attached hydrogens (tertiary/aromatic N) is 2. The highest BCUT2D eigenvalue weighted by Crippen LogP contribution is 2.39. The third kappa shape index (κ3) is 2.95. The summed E-state index contributed by atoms with van der Waals surface area (Å²) in [5.74, 6) is 1.03. The lowest BCUT2D eigenvalue weighted by molar-refractivity contribution is -0.0108. The Morgan fingerprint density at radius 1 is 0.926 bits per heavy atom. The smallest absolute Gasteiger partial charge is 0.272 e. The van der Waals surface area contributed by atoms with E-state index in [9.17, 15) is 4.79 Å². The Labute approximate surface area is 158 Å². The molecule has 1 fully saturated rings. The summed E-state index contributed by atoms with van der Waals surface area (Å²) in [5.41, 5.74) is 2.56. The van der Waals surface area contributed by atoms with Crippen LogP contribution >= 0.6 is 0 Å². The van der Waals surface area contributed by atoms with Crippen LogP contribution in [0.4, 0.5) is 0 Å². The van der Waals surface area contributed by atoms with Gasteiger partial charge < -0.3 is 9.64 Å². The molecule has 0 radical (unpaired) electrons. The minimum atomic E-state index is -0.123. The van der Waals surface area contributed by atoms with Crippen LogP contribution in [0.1, 0.15) is 35.3 Å². The van der Waals surface area contributed by atoms with Crippen molar-refractivity contribution in [3.8, 4) is 5.75 Å². The molecule has 1 aromatic heterocycles. The van der Waals surface area contributed by atoms with Crippen LogP contribution in [0.25, 0.3) is 10.9 Å². The summed E-state index contributed by atoms with van der Waals surface area (Å²) in [6.45, 7) is 1.44. The van der Waals surface area contributed by atoms with Crippen LogP contribution in [0, 0.1) is 0 Å². The Balaban J connectivity index is 1.31. The summed E-state index contributed by atoms with van der Waals surface area (Å²) in [7, 11) is 0. The summed E-state index contributed by atoms with van der Waals surface area (Å²) in [5, 5.41) is 1.06. The molecule has 0 aliphatic carbocycles. The normalized spacial score (nSPS) is 18.1. The number of fused-ring (bicyclic) bond motifs is 2. The molecule has 136 valence electrons. The van der Waals surface area contributed by atoms with Crippen molar-refractivity contribution in [3.05, 3.63) is 71.9 Å². The second kappa shape index (κ2) is 6.38. The fourth-order valence-electron chi connectivity index (χ4n) is 4.27. The lowest BCUT2D eigenvalue weighted by Gasteiger charge is -2.44. The largest absolute Gasteiger partial charge is 0.487 e. The summed E-state index contributed by atoms with van der Waals surface area (Å²) in [6.07, 6.45) is 3.83. The topological polar surface area (TPSA) is 42.4 Å². The number of rotatable bonds is 1. The number of hydrogen-bond acceptors (Lipinski definition) is 3. The highest BCUT2D eigenvalue weighted by molar-refractivity contribution is 5.95. The standard InChI is InChI=1S/C23H22N2O2/c26-22(20-10-9-17-5-1-3-7-19(17)24-20)25-15-13-23(14-16-25)12-11-18-6-2-4-8-21(18)27-23/h1-10H,11-16H2. The van der Waals surface area contributed by atoms with Gasteiger partial charge in [-0.1, -0.05) is 42.5 Å². The number of likely N-dealkylation sites (tertiary alicyclic amines) is 1. The average molecular weight is 358 g/mol. The molecule has 2 aliphatic rings. The monoisotopic (exact) mass is 358 g/mol. The van der Waals surface area contributed by atoms with Gasteiger partial charge in [0.15, 0.2) is 0 Å². The van der Waals surface area contributed by atoms with Gasteiger partial charge in [-0.25, -0.2) is 4.98 Å². The average Bonchev–Trinajstić information content (AvgIpc) is 2.73. The van der Waals surface area contributed by atoms with E-state index in [0.29, 0.717) is 5.69 Å². The van der Waals surface area contributed by atoms with Crippen LogP contribution < -0.4 is 4.74 Å². The Kier molecular flexibility index (Phi) is 3.85. The van der Waals surface area contributed by atoms with Gasteiger partial charge in [0, 0.05) is 31.3 Å². The van der Waals surface area contributed by atoms with E-state index in [4.69, 9.17) is 4.74 Å². The van der Waals surface area contributed by atoms with Crippen molar-refractivity contribution in [3.63, 3.8) is 0 Å². The van der Waals surface area contributed by atoms with Crippen LogP contribution in [0.5, 0.6) is 5.75 Å². The van der Waals surface area contributed by atoms with Gasteiger partial charge in [0.2, 0.25) is 0 Å². The molecular weight excluding hydrogens is 336 g/mol. The molecule has 27 heavy (non-hydrogen) atoms. The maximum atomic E-state index is 12.9. The third-order valence-electron chi connectivity index (χ3n) is 5.93. The van der Waals surface area contributed by atoms with Crippen molar-refractivity contribution in [2.75, 3.05) is 13.1 Å². The minimum absolute atomic E-state index is 0.0202. The molecule has 0 bridgehead atoms. The van der Waals surface area contributed by atoms with E-state index in [2.05, 4.69) is 23.2 Å². The van der Waals surface area contributed by atoms with E-state index < -0.39 is 0 Å². The predicted octanol–water partition coefficient (Wildman–Crippen LogP) is 4.23. The molecule has 3 heterocycles. The summed E-state index contributed by atoms with van der Waals surface area (Å²) in [6, 6.07) is 20.0. The third-order valence-corrected chi connectivity index (χ3v) is 5.93. The summed E-state index contributed by atoms with van der Waals surface area (Å²) < 4.78 is 6.40. The molecule has 4 heteroatoms. The number of amides is 1. The van der Waals surface area contributed by atoms with Crippen LogP contribution in [-0.2, 0) is 6.42 Å². The van der Waals surface area contributed by atoms with Crippen LogP contribution in [-0.4, -0.2) is 34.5 Å². The fraction of sp³-hybridized carbons (Fsp3) is 0.304. The molecule has 0 N–H and O–H groups in total. The molecule has 2 aliphatic heterocycles. The van der Waals surface area contributed by atoms with Crippen molar-refractivity contribution in [2.45, 2.75) is 31.3 Å². The predicted molar refractivity (Wildman–Crippen MR) is 105 cm³/mol. The molecule has 4 nitrogen and oxygen atoms in total. The van der Waals surface area contributed by atoms with E-state index >= 15 is 0 Å². The van der Waals surface area contributed by atoms with Crippen molar-refractivity contribution in [1.29, 1.82) is 0 Å². The van der Waals surface area contributed by atoms with E-state index in [0.717, 1.165) is 55.4 Å². The number of benzene rings is 2. The second-order valence-electron chi connectivity index (χ2n) is 7.57. The van der Waals surface area contributed by atoms with E-state index in [-0.39, 0.29) is 11.5 Å². The van der Waals surface area contributed by atoms with E-state index in [1.165, 1.54) is 5.56 Å². The number of para-hydroxylation sites is 2. The quantitative estimate of drug-likeness (QED) is 0.654. The maximum absolute atomic E-state index is 12.9. The number of pyridine rings is 1. The number of carbonyl (C=O) groups excluding carboxylic acids is 1. The molecule has 3 aromatic rings. The van der Waals surface area contributed by atoms with Gasteiger partial charge in [-0.2, -0.15) is 0 Å². The van der Waals surface area contributed by atoms with Gasteiger partial charge in [-0.15, -0.1) is 0 Å². The Morgan fingerprint density at radius 3 is 2.59 bits per heavy atom. The van der Waals surface area contributed by atoms with Gasteiger partial charge in [-0.05, 0) is 36.6 Å². The van der Waals surface area contributed by atoms with Gasteiger partial charge in [0.25, 0.3) is 5.91 Å². The number of aryl methyl sites for hydroxylation is 1.